The fourth-order valence-electron chi connectivity index (χ4n) is 1.59. The van der Waals surface area contributed by atoms with Gasteiger partial charge in [-0.05, 0) is 12.2 Å². The Morgan fingerprint density at radius 3 is 2.80 bits per heavy atom. The average molecular weight is 201 g/mol. The van der Waals surface area contributed by atoms with Crippen LogP contribution in [0.3, 0.4) is 0 Å². The molecule has 0 aliphatic carbocycles. The molecule has 0 radical (unpaired) electrons. The fourth-order valence-corrected chi connectivity index (χ4v) is 1.59. The third-order valence-electron chi connectivity index (χ3n) is 2.63. The van der Waals surface area contributed by atoms with Crippen LogP contribution in [0.25, 0.3) is 0 Å². The number of nitrogens with one attached hydrogen (secondary N) is 2. The van der Waals surface area contributed by atoms with Crippen molar-refractivity contribution in [2.45, 2.75) is 0 Å². The third kappa shape index (κ3) is 1.56. The molecule has 0 bridgehead atoms. The quantitative estimate of drug-likeness (QED) is 0.708. The van der Waals surface area contributed by atoms with E-state index in [-0.39, 0.29) is 0 Å². The smallest absolute Gasteiger partial charge is 0.0685 e. The highest BCUT2D eigenvalue weighted by atomic mass is 15.1. The second kappa shape index (κ2) is 3.69. The van der Waals surface area contributed by atoms with Crippen LogP contribution in [0.2, 0.25) is 0 Å². The van der Waals surface area contributed by atoms with Crippen LogP contribution < -0.4 is 10.6 Å². The van der Waals surface area contributed by atoms with E-state index in [2.05, 4.69) is 23.8 Å². The topological polar surface area (TPSA) is 27.3 Å². The summed E-state index contributed by atoms with van der Waals surface area (Å²) in [4.78, 5) is 2.03. The molecule has 2 N–H and O–H groups in total. The van der Waals surface area contributed by atoms with Crippen LogP contribution in [0.15, 0.2) is 60.4 Å². The fraction of sp³-hybridized carbons (Fsp3) is 0.167. The molecule has 0 spiro atoms. The Labute approximate surface area is 90.2 Å². The van der Waals surface area contributed by atoms with E-state index in [1.165, 1.54) is 5.57 Å². The molecular weight excluding hydrogens is 186 g/mol. The molecule has 3 heteroatoms. The van der Waals surface area contributed by atoms with Crippen LogP contribution in [0.5, 0.6) is 0 Å². The number of likely N-dealkylation sites (N-methyl/N-ethyl adjacent to an activating group) is 1. The van der Waals surface area contributed by atoms with Gasteiger partial charge in [-0.3, -0.25) is 0 Å². The second-order valence-corrected chi connectivity index (χ2v) is 3.54. The minimum Gasteiger partial charge on any atom is -0.386 e. The molecule has 0 aromatic carbocycles. The van der Waals surface area contributed by atoms with Gasteiger partial charge in [0.2, 0.25) is 0 Å². The number of hydrogen-bond donors (Lipinski definition) is 2. The molecule has 0 saturated heterocycles. The monoisotopic (exact) mass is 201 g/mol. The third-order valence-corrected chi connectivity index (χ3v) is 2.63. The summed E-state index contributed by atoms with van der Waals surface area (Å²) in [5, 5.41) is 6.38. The average Bonchev–Trinajstić information content (AvgIpc) is 2.26. The maximum Gasteiger partial charge on any atom is 0.0685 e. The lowest BCUT2D eigenvalue weighted by atomic mass is 10.1. The van der Waals surface area contributed by atoms with Crippen molar-refractivity contribution in [3.8, 4) is 0 Å². The Bertz CT molecular complexity index is 399. The van der Waals surface area contributed by atoms with Crippen LogP contribution in [-0.4, -0.2) is 18.5 Å². The van der Waals surface area contributed by atoms with E-state index in [1.807, 2.05) is 36.5 Å². The summed E-state index contributed by atoms with van der Waals surface area (Å²) >= 11 is 0. The second-order valence-electron chi connectivity index (χ2n) is 3.54. The van der Waals surface area contributed by atoms with Gasteiger partial charge in [0.05, 0.1) is 11.4 Å². The molecule has 78 valence electrons. The largest absolute Gasteiger partial charge is 0.386 e. The van der Waals surface area contributed by atoms with Crippen molar-refractivity contribution in [1.29, 1.82) is 0 Å². The predicted octanol–water partition coefficient (Wildman–Crippen LogP) is 1.43. The van der Waals surface area contributed by atoms with Crippen molar-refractivity contribution >= 4 is 0 Å². The van der Waals surface area contributed by atoms with Gasteiger partial charge in [0, 0.05) is 37.3 Å². The molecule has 0 aromatic heterocycles. The van der Waals surface area contributed by atoms with Crippen LogP contribution >= 0.6 is 0 Å². The van der Waals surface area contributed by atoms with Gasteiger partial charge < -0.3 is 15.5 Å². The van der Waals surface area contributed by atoms with Gasteiger partial charge in [-0.15, -0.1) is 0 Å². The zero-order valence-corrected chi connectivity index (χ0v) is 8.88. The van der Waals surface area contributed by atoms with Gasteiger partial charge in [-0.2, -0.15) is 0 Å². The highest BCUT2D eigenvalue weighted by molar-refractivity contribution is 5.45. The van der Waals surface area contributed by atoms with Gasteiger partial charge in [0.15, 0.2) is 0 Å². The summed E-state index contributed by atoms with van der Waals surface area (Å²) < 4.78 is 0. The Balaban J connectivity index is 2.45. The molecule has 15 heavy (non-hydrogen) atoms. The molecule has 2 aliphatic heterocycles. The van der Waals surface area contributed by atoms with Crippen LogP contribution in [0.1, 0.15) is 0 Å². The molecule has 0 unspecified atom stereocenters. The molecule has 2 rings (SSSR count). The molecule has 0 amide bonds. The predicted molar refractivity (Wildman–Crippen MR) is 62.5 cm³/mol. The highest BCUT2D eigenvalue weighted by Gasteiger charge is 2.18. The molecule has 0 atom stereocenters. The summed E-state index contributed by atoms with van der Waals surface area (Å²) in [6.07, 6.45) is 7.70. The first kappa shape index (κ1) is 9.65. The summed E-state index contributed by atoms with van der Waals surface area (Å²) in [6, 6.07) is 0. The standard InChI is InChI=1S/C12H15N3/c1-4-11-12(10-7-13-8-10)14-6-5-9(2)15(11)3/h4-7,13-14H,1-2,8H2,3H3. The first-order valence-electron chi connectivity index (χ1n) is 4.89. The molecule has 0 aromatic rings. The van der Waals surface area contributed by atoms with E-state index in [0.717, 1.165) is 23.6 Å². The van der Waals surface area contributed by atoms with E-state index < -0.39 is 0 Å². The van der Waals surface area contributed by atoms with E-state index in [4.69, 9.17) is 0 Å². The number of rotatable bonds is 2. The molecular formula is C12H15N3. The minimum absolute atomic E-state index is 0.897. The first-order valence-corrected chi connectivity index (χ1v) is 4.89. The lowest BCUT2D eigenvalue weighted by Crippen LogP contribution is -2.29. The maximum atomic E-state index is 3.97. The summed E-state index contributed by atoms with van der Waals surface area (Å²) in [7, 11) is 1.99. The molecule has 3 nitrogen and oxygen atoms in total. The summed E-state index contributed by atoms with van der Waals surface area (Å²) in [5.74, 6) is 0. The van der Waals surface area contributed by atoms with Crippen molar-refractivity contribution in [2.24, 2.45) is 0 Å². The number of hydrogen-bond acceptors (Lipinski definition) is 3. The Kier molecular flexibility index (Phi) is 2.37. The number of nitrogens with zero attached hydrogens (tertiary/aromatic N) is 1. The Morgan fingerprint density at radius 2 is 2.27 bits per heavy atom. The van der Waals surface area contributed by atoms with Crippen LogP contribution in [0, 0.1) is 0 Å². The number of allylic oxidation sites excluding steroid dienone is 2. The van der Waals surface area contributed by atoms with E-state index in [0.29, 0.717) is 0 Å². The van der Waals surface area contributed by atoms with Gasteiger partial charge >= 0.3 is 0 Å². The zero-order chi connectivity index (χ0) is 10.8. The van der Waals surface area contributed by atoms with Crippen molar-refractivity contribution < 1.29 is 0 Å². The van der Waals surface area contributed by atoms with Crippen molar-refractivity contribution in [3.05, 3.63) is 60.4 Å². The van der Waals surface area contributed by atoms with Gasteiger partial charge in [0.25, 0.3) is 0 Å². The van der Waals surface area contributed by atoms with E-state index in [1.54, 1.807) is 0 Å². The minimum atomic E-state index is 0.897. The molecule has 2 aliphatic rings. The van der Waals surface area contributed by atoms with Crippen LogP contribution in [0.4, 0.5) is 0 Å². The maximum absolute atomic E-state index is 3.97. The highest BCUT2D eigenvalue weighted by Crippen LogP contribution is 2.23. The SMILES string of the molecule is C=CC1=C(C2=CNC2)NC=CC(=C)N1C. The molecule has 0 fully saturated rings. The molecule has 0 saturated carbocycles. The van der Waals surface area contributed by atoms with E-state index >= 15 is 0 Å². The molecule has 2 heterocycles. The van der Waals surface area contributed by atoms with Gasteiger partial charge in [0.1, 0.15) is 0 Å². The first-order chi connectivity index (χ1) is 7.24. The van der Waals surface area contributed by atoms with Crippen molar-refractivity contribution in [1.82, 2.24) is 15.5 Å². The van der Waals surface area contributed by atoms with Gasteiger partial charge in [-0.1, -0.05) is 13.2 Å². The normalized spacial score (nSPS) is 19.9. The van der Waals surface area contributed by atoms with Crippen molar-refractivity contribution in [3.63, 3.8) is 0 Å². The van der Waals surface area contributed by atoms with E-state index in [9.17, 15) is 0 Å². The Hall–Kier alpha value is -1.90. The summed E-state index contributed by atoms with van der Waals surface area (Å²) in [5.41, 5.74) is 4.36. The zero-order valence-electron chi connectivity index (χ0n) is 8.88. The summed E-state index contributed by atoms with van der Waals surface area (Å²) in [6.45, 7) is 8.72. The van der Waals surface area contributed by atoms with Gasteiger partial charge in [-0.25, -0.2) is 0 Å². The lowest BCUT2D eigenvalue weighted by Gasteiger charge is -2.25. The Morgan fingerprint density at radius 1 is 1.53 bits per heavy atom. The van der Waals surface area contributed by atoms with Crippen molar-refractivity contribution in [2.75, 3.05) is 13.6 Å². The van der Waals surface area contributed by atoms with Crippen LogP contribution in [-0.2, 0) is 0 Å². The lowest BCUT2D eigenvalue weighted by molar-refractivity contribution is 0.550.